The van der Waals surface area contributed by atoms with Crippen LogP contribution in [-0.4, -0.2) is 64.8 Å². The molecule has 0 aromatic carbocycles. The van der Waals surface area contributed by atoms with Gasteiger partial charge in [0, 0.05) is 26.2 Å². The van der Waals surface area contributed by atoms with Crippen LogP contribution in [0.25, 0.3) is 0 Å². The molecule has 1 aliphatic rings. The third-order valence-electron chi connectivity index (χ3n) is 2.88. The van der Waals surface area contributed by atoms with Crippen LogP contribution in [0.4, 0.5) is 8.78 Å². The Bertz CT molecular complexity index is 452. The van der Waals surface area contributed by atoms with Crippen LogP contribution in [0.5, 0.6) is 0 Å². The van der Waals surface area contributed by atoms with Crippen molar-refractivity contribution in [1.82, 2.24) is 19.8 Å². The van der Waals surface area contributed by atoms with Gasteiger partial charge in [0.1, 0.15) is 10.8 Å². The van der Waals surface area contributed by atoms with E-state index in [0.29, 0.717) is 26.2 Å². The highest BCUT2D eigenvalue weighted by Gasteiger charge is 2.24. The number of carbonyl (C=O) groups is 1. The molecule has 5 nitrogen and oxygen atoms in total. The van der Waals surface area contributed by atoms with Crippen LogP contribution in [-0.2, 0) is 0 Å². The Kier molecular flexibility index (Phi) is 4.60. The van der Waals surface area contributed by atoms with Crippen molar-refractivity contribution >= 4 is 17.5 Å². The predicted octanol–water partition coefficient (Wildman–Crippen LogP) is 1.15. The third kappa shape index (κ3) is 3.81. The van der Waals surface area contributed by atoms with Crippen molar-refractivity contribution in [1.29, 1.82) is 0 Å². The van der Waals surface area contributed by atoms with Crippen molar-refractivity contribution in [2.45, 2.75) is 6.43 Å². The molecular weight excluding hydrogens is 278 g/mol. The van der Waals surface area contributed by atoms with Crippen LogP contribution in [0, 0.1) is 0 Å². The number of amides is 1. The minimum absolute atomic E-state index is 0.155. The van der Waals surface area contributed by atoms with E-state index in [2.05, 4.69) is 9.97 Å². The molecule has 0 radical (unpaired) electrons. The lowest BCUT2D eigenvalue weighted by molar-refractivity contribution is 0.0455. The molecule has 0 atom stereocenters. The summed E-state index contributed by atoms with van der Waals surface area (Å²) >= 11 is 5.67. The Hall–Kier alpha value is -1.34. The van der Waals surface area contributed by atoms with Crippen LogP contribution in [0.3, 0.4) is 0 Å². The quantitative estimate of drug-likeness (QED) is 0.838. The molecule has 0 aliphatic carbocycles. The molecule has 104 valence electrons. The Labute approximate surface area is 114 Å². The molecule has 0 bridgehead atoms. The molecule has 8 heteroatoms. The van der Waals surface area contributed by atoms with E-state index in [0.717, 1.165) is 0 Å². The smallest absolute Gasteiger partial charge is 0.274 e. The molecule has 1 aliphatic heterocycles. The zero-order valence-electron chi connectivity index (χ0n) is 10.1. The van der Waals surface area contributed by atoms with Crippen molar-refractivity contribution in [3.05, 3.63) is 23.2 Å². The van der Waals surface area contributed by atoms with Gasteiger partial charge < -0.3 is 4.90 Å². The van der Waals surface area contributed by atoms with Gasteiger partial charge in [-0.25, -0.2) is 13.8 Å². The van der Waals surface area contributed by atoms with Crippen LogP contribution >= 0.6 is 11.6 Å². The van der Waals surface area contributed by atoms with Crippen molar-refractivity contribution < 1.29 is 13.6 Å². The fourth-order valence-corrected chi connectivity index (χ4v) is 2.08. The van der Waals surface area contributed by atoms with Crippen molar-refractivity contribution in [3.8, 4) is 0 Å². The van der Waals surface area contributed by atoms with Gasteiger partial charge in [-0.3, -0.25) is 14.7 Å². The fraction of sp³-hybridized carbons (Fsp3) is 0.545. The Morgan fingerprint density at radius 2 is 2.00 bits per heavy atom. The number of rotatable bonds is 3. The molecule has 1 amide bonds. The van der Waals surface area contributed by atoms with E-state index < -0.39 is 6.43 Å². The van der Waals surface area contributed by atoms with Crippen LogP contribution in [0.1, 0.15) is 10.5 Å². The Morgan fingerprint density at radius 3 is 2.58 bits per heavy atom. The number of hydrogen-bond acceptors (Lipinski definition) is 4. The molecule has 2 heterocycles. The summed E-state index contributed by atoms with van der Waals surface area (Å²) in [6, 6.07) is 0. The summed E-state index contributed by atoms with van der Waals surface area (Å²) in [5, 5.41) is 0.155. The van der Waals surface area contributed by atoms with Crippen molar-refractivity contribution in [3.63, 3.8) is 0 Å². The van der Waals surface area contributed by atoms with Gasteiger partial charge >= 0.3 is 0 Å². The summed E-state index contributed by atoms with van der Waals surface area (Å²) in [6.07, 6.45) is 0.347. The van der Waals surface area contributed by atoms with E-state index in [1.54, 1.807) is 9.80 Å². The second-order valence-corrected chi connectivity index (χ2v) is 4.60. The third-order valence-corrected chi connectivity index (χ3v) is 3.06. The molecular formula is C11H13ClF2N4O. The zero-order chi connectivity index (χ0) is 13.8. The van der Waals surface area contributed by atoms with Crippen LogP contribution in [0.2, 0.25) is 5.15 Å². The number of aromatic nitrogens is 2. The number of hydrogen-bond donors (Lipinski definition) is 0. The lowest BCUT2D eigenvalue weighted by Crippen LogP contribution is -2.49. The summed E-state index contributed by atoms with van der Waals surface area (Å²) < 4.78 is 24.5. The molecule has 0 unspecified atom stereocenters. The molecule has 1 saturated heterocycles. The second-order valence-electron chi connectivity index (χ2n) is 4.21. The van der Waals surface area contributed by atoms with E-state index in [1.807, 2.05) is 0 Å². The molecule has 2 rings (SSSR count). The van der Waals surface area contributed by atoms with Gasteiger partial charge in [0.05, 0.1) is 18.9 Å². The minimum Gasteiger partial charge on any atom is -0.335 e. The molecule has 1 fully saturated rings. The van der Waals surface area contributed by atoms with E-state index >= 15 is 0 Å². The highest BCUT2D eigenvalue weighted by molar-refractivity contribution is 6.29. The van der Waals surface area contributed by atoms with Gasteiger partial charge in [0.25, 0.3) is 12.3 Å². The summed E-state index contributed by atoms with van der Waals surface area (Å²) in [5.74, 6) is -0.272. The van der Waals surface area contributed by atoms with Gasteiger partial charge in [-0.05, 0) is 0 Å². The normalized spacial score (nSPS) is 16.9. The highest BCUT2D eigenvalue weighted by atomic mass is 35.5. The maximum absolute atomic E-state index is 12.2. The maximum atomic E-state index is 12.2. The molecule has 1 aromatic rings. The van der Waals surface area contributed by atoms with Gasteiger partial charge in [0.15, 0.2) is 0 Å². The lowest BCUT2D eigenvalue weighted by Gasteiger charge is -2.34. The monoisotopic (exact) mass is 290 g/mol. The predicted molar refractivity (Wildman–Crippen MR) is 65.4 cm³/mol. The van der Waals surface area contributed by atoms with Gasteiger partial charge in [0.2, 0.25) is 0 Å². The molecule has 0 spiro atoms. The Morgan fingerprint density at radius 1 is 1.32 bits per heavy atom. The van der Waals surface area contributed by atoms with Gasteiger partial charge in [-0.15, -0.1) is 0 Å². The largest absolute Gasteiger partial charge is 0.335 e. The first kappa shape index (κ1) is 14.1. The minimum atomic E-state index is -2.35. The first-order chi connectivity index (χ1) is 9.06. The van der Waals surface area contributed by atoms with E-state index in [-0.39, 0.29) is 23.3 Å². The van der Waals surface area contributed by atoms with E-state index in [1.165, 1.54) is 12.4 Å². The van der Waals surface area contributed by atoms with Crippen molar-refractivity contribution in [2.75, 3.05) is 32.7 Å². The highest BCUT2D eigenvalue weighted by Crippen LogP contribution is 2.10. The standard InChI is InChI=1S/C11H13ClF2N4O/c12-9-6-15-5-8(16-9)11(19)18-3-1-17(2-4-18)7-10(13)14/h5-6,10H,1-4,7H2. The average molecular weight is 291 g/mol. The van der Waals surface area contributed by atoms with Gasteiger partial charge in [-0.1, -0.05) is 11.6 Å². The second kappa shape index (κ2) is 6.21. The van der Waals surface area contributed by atoms with Crippen molar-refractivity contribution in [2.24, 2.45) is 0 Å². The van der Waals surface area contributed by atoms with Crippen LogP contribution in [0.15, 0.2) is 12.4 Å². The summed E-state index contributed by atoms with van der Waals surface area (Å²) in [7, 11) is 0. The van der Waals surface area contributed by atoms with E-state index in [4.69, 9.17) is 11.6 Å². The summed E-state index contributed by atoms with van der Waals surface area (Å²) in [5.41, 5.74) is 0.176. The fourth-order valence-electron chi connectivity index (χ4n) is 1.94. The number of carbonyl (C=O) groups excluding carboxylic acids is 1. The Balaban J connectivity index is 1.92. The summed E-state index contributed by atoms with van der Waals surface area (Å²) in [6.45, 7) is 1.42. The van der Waals surface area contributed by atoms with Gasteiger partial charge in [-0.2, -0.15) is 0 Å². The molecule has 19 heavy (non-hydrogen) atoms. The first-order valence-electron chi connectivity index (χ1n) is 5.83. The number of nitrogens with zero attached hydrogens (tertiary/aromatic N) is 4. The zero-order valence-corrected chi connectivity index (χ0v) is 10.9. The number of alkyl halides is 2. The van der Waals surface area contributed by atoms with Crippen LogP contribution < -0.4 is 0 Å². The molecule has 0 saturated carbocycles. The SMILES string of the molecule is O=C(c1cncc(Cl)n1)N1CCN(CC(F)F)CC1. The lowest BCUT2D eigenvalue weighted by atomic mass is 10.3. The summed E-state index contributed by atoms with van der Waals surface area (Å²) in [4.78, 5) is 23.0. The van der Waals surface area contributed by atoms with E-state index in [9.17, 15) is 13.6 Å². The first-order valence-corrected chi connectivity index (χ1v) is 6.21. The topological polar surface area (TPSA) is 49.3 Å². The number of piperazine rings is 1. The molecule has 0 N–H and O–H groups in total. The maximum Gasteiger partial charge on any atom is 0.274 e. The molecule has 1 aromatic heterocycles. The average Bonchev–Trinajstić information content (AvgIpc) is 2.38. The number of halogens is 3.